The fourth-order valence-electron chi connectivity index (χ4n) is 7.83. The van der Waals surface area contributed by atoms with Crippen LogP contribution in [0.2, 0.25) is 0 Å². The van der Waals surface area contributed by atoms with Gasteiger partial charge < -0.3 is 4.90 Å². The van der Waals surface area contributed by atoms with Gasteiger partial charge in [0.25, 0.3) is 0 Å². The van der Waals surface area contributed by atoms with E-state index in [0.717, 1.165) is 35.6 Å². The van der Waals surface area contributed by atoms with Crippen molar-refractivity contribution in [2.24, 2.45) is 35.0 Å². The molecule has 1 aromatic rings. The van der Waals surface area contributed by atoms with Crippen molar-refractivity contribution in [3.63, 3.8) is 0 Å². The van der Waals surface area contributed by atoms with Gasteiger partial charge >= 0.3 is 0 Å². The Labute approximate surface area is 165 Å². The monoisotopic (exact) mass is 364 g/mol. The van der Waals surface area contributed by atoms with Crippen LogP contribution in [0.5, 0.6) is 0 Å². The molecule has 0 aliphatic heterocycles. The average molecular weight is 365 g/mol. The zero-order valence-corrected chi connectivity index (χ0v) is 17.4. The van der Waals surface area contributed by atoms with Crippen LogP contribution in [-0.4, -0.2) is 30.0 Å². The summed E-state index contributed by atoms with van der Waals surface area (Å²) in [5.41, 5.74) is 3.37. The zero-order chi connectivity index (χ0) is 18.6. The molecule has 3 fully saturated rings. The normalized spacial score (nSPS) is 43.6. The molecule has 0 radical (unpaired) electrons. The van der Waals surface area contributed by atoms with Gasteiger partial charge in [0.05, 0.1) is 0 Å². The first kappa shape index (κ1) is 17.9. The lowest BCUT2D eigenvalue weighted by molar-refractivity contribution is -0.0482. The molecule has 0 aromatic carbocycles. The van der Waals surface area contributed by atoms with E-state index in [1.807, 2.05) is 6.20 Å². The number of nitrogens with zero attached hydrogens (tertiary/aromatic N) is 2. The lowest BCUT2D eigenvalue weighted by Gasteiger charge is -2.56. The van der Waals surface area contributed by atoms with Crippen LogP contribution in [0.1, 0.15) is 63.9 Å². The fraction of sp³-hybridized carbons (Fsp3) is 0.720. The Kier molecular flexibility index (Phi) is 4.46. The molecule has 2 nitrogen and oxygen atoms in total. The van der Waals surface area contributed by atoms with Gasteiger partial charge in [0.15, 0.2) is 0 Å². The van der Waals surface area contributed by atoms with Gasteiger partial charge in [-0.2, -0.15) is 0 Å². The summed E-state index contributed by atoms with van der Waals surface area (Å²) in [5.74, 6) is 4.87. The van der Waals surface area contributed by atoms with Gasteiger partial charge in [-0.1, -0.05) is 19.1 Å². The van der Waals surface area contributed by atoms with Gasteiger partial charge in [0.2, 0.25) is 0 Å². The number of fused-ring (bicyclic) bond motifs is 5. The van der Waals surface area contributed by atoms with Crippen LogP contribution < -0.4 is 0 Å². The molecule has 2 heteroatoms. The molecule has 4 aliphatic rings. The molecule has 0 amide bonds. The van der Waals surface area contributed by atoms with Gasteiger partial charge in [-0.15, -0.1) is 0 Å². The number of hydrogen-bond acceptors (Lipinski definition) is 2. The van der Waals surface area contributed by atoms with Crippen molar-refractivity contribution < 1.29 is 0 Å². The van der Waals surface area contributed by atoms with Gasteiger partial charge in [-0.25, -0.2) is 0 Å². The van der Waals surface area contributed by atoms with Gasteiger partial charge in [0.1, 0.15) is 0 Å². The average Bonchev–Trinajstić information content (AvgIpc) is 3.05. The van der Waals surface area contributed by atoms with E-state index in [-0.39, 0.29) is 0 Å². The maximum absolute atomic E-state index is 4.41. The summed E-state index contributed by atoms with van der Waals surface area (Å²) in [7, 11) is 4.57. The summed E-state index contributed by atoms with van der Waals surface area (Å²) in [6.45, 7) is 2.58. The highest BCUT2D eigenvalue weighted by Gasteiger charge is 2.54. The van der Waals surface area contributed by atoms with Crippen LogP contribution in [0, 0.1) is 35.0 Å². The molecule has 1 heterocycles. The maximum Gasteiger partial charge on any atom is 0.0343 e. The van der Waals surface area contributed by atoms with E-state index in [1.165, 1.54) is 56.9 Å². The van der Waals surface area contributed by atoms with Crippen LogP contribution in [0.15, 0.2) is 30.6 Å². The Hall–Kier alpha value is -1.15. The molecule has 0 saturated heterocycles. The first-order chi connectivity index (χ1) is 13.1. The first-order valence-electron chi connectivity index (χ1n) is 11.4. The standard InChI is InChI=1S/C25H36N2/c1-25-13-12-21-20-9-7-19(27(2)3)15-17(20)6-8-22(21)24(25)11-10-23(25)18-5-4-14-26-16-18/h4-5,10,14,16-17,19-22,24H,6-9,11-13,15H2,1-3H3/t17?,19-,20-,21+,22+,24?,25+/m0/s1. The van der Waals surface area contributed by atoms with E-state index in [9.17, 15) is 0 Å². The van der Waals surface area contributed by atoms with Crippen molar-refractivity contribution in [3.05, 3.63) is 36.2 Å². The van der Waals surface area contributed by atoms with E-state index in [1.54, 1.807) is 5.57 Å². The van der Waals surface area contributed by atoms with Crippen LogP contribution in [0.3, 0.4) is 0 Å². The SMILES string of the molecule is CN(C)[C@H]1CC[C@H]2C(CC[C@H]3C4CC=C(c5cccnc5)[C@@]4(C)CC[C@H]23)C1. The van der Waals surface area contributed by atoms with Gasteiger partial charge in [-0.05, 0) is 118 Å². The van der Waals surface area contributed by atoms with Gasteiger partial charge in [-0.3, -0.25) is 4.98 Å². The Morgan fingerprint density at radius 3 is 2.67 bits per heavy atom. The van der Waals surface area contributed by atoms with Crippen LogP contribution in [0.25, 0.3) is 5.57 Å². The first-order valence-corrected chi connectivity index (χ1v) is 11.4. The predicted octanol–water partition coefficient (Wildman–Crippen LogP) is 5.66. The summed E-state index contributed by atoms with van der Waals surface area (Å²) in [6.07, 6.45) is 18.1. The predicted molar refractivity (Wildman–Crippen MR) is 112 cm³/mol. The van der Waals surface area contributed by atoms with Crippen LogP contribution >= 0.6 is 0 Å². The number of rotatable bonds is 2. The quantitative estimate of drug-likeness (QED) is 0.673. The van der Waals surface area contributed by atoms with Crippen LogP contribution in [0.4, 0.5) is 0 Å². The lowest BCUT2D eigenvalue weighted by atomic mass is 9.49. The summed E-state index contributed by atoms with van der Waals surface area (Å²) < 4.78 is 0. The molecule has 0 spiro atoms. The molecule has 146 valence electrons. The minimum Gasteiger partial charge on any atom is -0.306 e. The Morgan fingerprint density at radius 1 is 1.04 bits per heavy atom. The second kappa shape index (κ2) is 6.72. The molecule has 7 atom stereocenters. The fourth-order valence-corrected chi connectivity index (χ4v) is 7.83. The van der Waals surface area contributed by atoms with E-state index in [0.29, 0.717) is 5.41 Å². The number of hydrogen-bond donors (Lipinski definition) is 0. The summed E-state index contributed by atoms with van der Waals surface area (Å²) in [4.78, 5) is 6.90. The van der Waals surface area contributed by atoms with Crippen molar-refractivity contribution in [3.8, 4) is 0 Å². The van der Waals surface area contributed by atoms with Gasteiger partial charge in [0, 0.05) is 18.4 Å². The van der Waals surface area contributed by atoms with Crippen molar-refractivity contribution in [2.75, 3.05) is 14.1 Å². The Bertz CT molecular complexity index is 708. The molecule has 4 aliphatic carbocycles. The Morgan fingerprint density at radius 2 is 1.89 bits per heavy atom. The zero-order valence-electron chi connectivity index (χ0n) is 17.4. The molecule has 3 saturated carbocycles. The highest BCUT2D eigenvalue weighted by atomic mass is 15.1. The summed E-state index contributed by atoms with van der Waals surface area (Å²) in [5, 5.41) is 0. The molecule has 0 bridgehead atoms. The van der Waals surface area contributed by atoms with Crippen LogP contribution in [-0.2, 0) is 0 Å². The molecular weight excluding hydrogens is 328 g/mol. The minimum absolute atomic E-state index is 0.387. The van der Waals surface area contributed by atoms with Crippen molar-refractivity contribution in [1.29, 1.82) is 0 Å². The number of aromatic nitrogens is 1. The molecular formula is C25H36N2. The molecule has 5 rings (SSSR count). The minimum atomic E-state index is 0.387. The van der Waals surface area contributed by atoms with E-state index < -0.39 is 0 Å². The highest BCUT2D eigenvalue weighted by molar-refractivity contribution is 5.72. The Balaban J connectivity index is 1.36. The lowest BCUT2D eigenvalue weighted by Crippen LogP contribution is -2.49. The van der Waals surface area contributed by atoms with E-state index in [2.05, 4.69) is 55.3 Å². The second-order valence-electron chi connectivity index (χ2n) is 10.4. The third-order valence-corrected chi connectivity index (χ3v) is 9.21. The second-order valence-corrected chi connectivity index (χ2v) is 10.4. The van der Waals surface area contributed by atoms with Crippen molar-refractivity contribution in [2.45, 2.75) is 64.3 Å². The largest absolute Gasteiger partial charge is 0.306 e. The number of pyridine rings is 1. The molecule has 0 N–H and O–H groups in total. The third-order valence-electron chi connectivity index (χ3n) is 9.21. The van der Waals surface area contributed by atoms with E-state index >= 15 is 0 Å². The molecule has 1 aromatic heterocycles. The maximum atomic E-state index is 4.41. The molecule has 2 unspecified atom stereocenters. The number of allylic oxidation sites excluding steroid dienone is 2. The molecule has 27 heavy (non-hydrogen) atoms. The third kappa shape index (κ3) is 2.82. The summed E-state index contributed by atoms with van der Waals surface area (Å²) in [6, 6.07) is 5.22. The van der Waals surface area contributed by atoms with Crippen molar-refractivity contribution >= 4 is 5.57 Å². The highest BCUT2D eigenvalue weighted by Crippen LogP contribution is 2.64. The van der Waals surface area contributed by atoms with Crippen molar-refractivity contribution in [1.82, 2.24) is 9.88 Å². The smallest absolute Gasteiger partial charge is 0.0343 e. The summed E-state index contributed by atoms with van der Waals surface area (Å²) >= 11 is 0. The van der Waals surface area contributed by atoms with E-state index in [4.69, 9.17) is 0 Å². The topological polar surface area (TPSA) is 16.1 Å².